The van der Waals surface area contributed by atoms with Gasteiger partial charge < -0.3 is 29.9 Å². The van der Waals surface area contributed by atoms with Gasteiger partial charge in [0, 0.05) is 46.5 Å². The Hall–Kier alpha value is -4.60. The van der Waals surface area contributed by atoms with E-state index in [9.17, 15) is 73.1 Å². The van der Waals surface area contributed by atoms with E-state index >= 15 is 0 Å². The van der Waals surface area contributed by atoms with Crippen LogP contribution in [0.5, 0.6) is 11.5 Å². The van der Waals surface area contributed by atoms with Crippen LogP contribution in [-0.2, 0) is 11.4 Å². The Bertz CT molecular complexity index is 1930. The first-order valence-electron chi connectivity index (χ1n) is 15.8. The molecule has 4 bridgehead atoms. The Morgan fingerprint density at radius 1 is 0.527 bits per heavy atom. The van der Waals surface area contributed by atoms with E-state index < -0.39 is 102 Å². The van der Waals surface area contributed by atoms with Crippen molar-refractivity contribution in [1.29, 1.82) is 0 Å². The third-order valence-electron chi connectivity index (χ3n) is 9.16. The highest BCUT2D eigenvalue weighted by Crippen LogP contribution is 2.52. The zero-order chi connectivity index (χ0) is 40.5. The largest absolute Gasteiger partial charge is 0.573 e. The number of fused-ring (bicyclic) bond motifs is 8. The van der Waals surface area contributed by atoms with Crippen LogP contribution in [0.25, 0.3) is 22.3 Å². The Morgan fingerprint density at radius 3 is 1.20 bits per heavy atom. The minimum Gasteiger partial charge on any atom is -0.405 e. The van der Waals surface area contributed by atoms with Crippen LogP contribution < -0.4 is 9.47 Å². The van der Waals surface area contributed by atoms with Gasteiger partial charge in [-0.2, -0.15) is 26.3 Å². The van der Waals surface area contributed by atoms with E-state index in [1.807, 2.05) is 0 Å². The number of ether oxygens (including phenoxy) is 2. The standard InChI is InChI=1S/C35H26F12N2O6/c36-32(37,38)26(50)15-48(30(52)20-7-1-5-18(13-20)28-22(30)9-3-11-24(28)54-34(42,43)44)17-49(16-27(51)33(39,40)41)31(53)21-8-2-6-19(14-21)29-23(31)10-4-12-25(29)55-35(45,46)47/h1-14,26-27,50-53H,15-17H2. The van der Waals surface area contributed by atoms with E-state index in [0.29, 0.717) is 9.80 Å². The molecule has 0 spiro atoms. The average Bonchev–Trinajstić information content (AvgIpc) is 3.07. The molecule has 4 aromatic carbocycles. The van der Waals surface area contributed by atoms with E-state index in [0.717, 1.165) is 60.7 Å². The molecule has 0 aromatic heterocycles. The van der Waals surface area contributed by atoms with Crippen molar-refractivity contribution in [1.82, 2.24) is 9.80 Å². The Balaban J connectivity index is 1.60. The summed E-state index contributed by atoms with van der Waals surface area (Å²) in [6, 6.07) is 14.7. The first-order valence-corrected chi connectivity index (χ1v) is 15.8. The van der Waals surface area contributed by atoms with Gasteiger partial charge in [-0.3, -0.25) is 9.80 Å². The molecule has 4 N–H and O–H groups in total. The molecule has 6 rings (SSSR count). The molecule has 2 aliphatic carbocycles. The molecule has 0 fully saturated rings. The Kier molecular flexibility index (Phi) is 9.88. The first kappa shape index (κ1) is 40.1. The number of aliphatic hydroxyl groups is 4. The van der Waals surface area contributed by atoms with Crippen LogP contribution in [0.2, 0.25) is 0 Å². The van der Waals surface area contributed by atoms with Crippen molar-refractivity contribution in [3.05, 3.63) is 107 Å². The quantitative estimate of drug-likeness (QED) is 0.101. The molecular weight excluding hydrogens is 772 g/mol. The number of hydrogen-bond acceptors (Lipinski definition) is 8. The van der Waals surface area contributed by atoms with Gasteiger partial charge in [0.2, 0.25) is 0 Å². The summed E-state index contributed by atoms with van der Waals surface area (Å²) < 4.78 is 174. The molecule has 0 amide bonds. The number of benzene rings is 4. The molecule has 0 saturated heterocycles. The number of nitrogens with zero attached hydrogens (tertiary/aromatic N) is 2. The minimum atomic E-state index is -5.49. The molecule has 0 saturated carbocycles. The van der Waals surface area contributed by atoms with Crippen LogP contribution in [-0.4, -0.2) is 87.3 Å². The van der Waals surface area contributed by atoms with Crippen LogP contribution in [0.15, 0.2) is 84.9 Å². The molecule has 55 heavy (non-hydrogen) atoms. The summed E-state index contributed by atoms with van der Waals surface area (Å²) in [5.74, 6) is -1.90. The second kappa shape index (κ2) is 13.6. The lowest BCUT2D eigenvalue weighted by Gasteiger charge is -2.50. The van der Waals surface area contributed by atoms with Gasteiger partial charge in [0.25, 0.3) is 0 Å². The molecule has 4 unspecified atom stereocenters. The lowest BCUT2D eigenvalue weighted by atomic mass is 9.79. The number of rotatable bonds is 10. The maximum atomic E-state index is 14.1. The van der Waals surface area contributed by atoms with Gasteiger partial charge in [0.05, 0.1) is 6.67 Å². The van der Waals surface area contributed by atoms with E-state index in [2.05, 4.69) is 9.47 Å². The van der Waals surface area contributed by atoms with E-state index in [1.54, 1.807) is 0 Å². The summed E-state index contributed by atoms with van der Waals surface area (Å²) in [6.45, 7) is -4.99. The summed E-state index contributed by atoms with van der Waals surface area (Å²) in [6.07, 6.45) is -28.5. The second-order valence-corrected chi connectivity index (χ2v) is 12.7. The fourth-order valence-electron chi connectivity index (χ4n) is 6.87. The number of aliphatic hydroxyl groups excluding tert-OH is 2. The summed E-state index contributed by atoms with van der Waals surface area (Å²) in [5, 5.41) is 45.9. The summed E-state index contributed by atoms with van der Waals surface area (Å²) >= 11 is 0. The van der Waals surface area contributed by atoms with Gasteiger partial charge in [-0.25, -0.2) is 0 Å². The fraction of sp³-hybridized carbons (Fsp3) is 0.314. The van der Waals surface area contributed by atoms with Gasteiger partial charge in [0.15, 0.2) is 23.7 Å². The zero-order valence-electron chi connectivity index (χ0n) is 27.4. The highest BCUT2D eigenvalue weighted by atomic mass is 19.4. The van der Waals surface area contributed by atoms with Crippen LogP contribution in [0.4, 0.5) is 52.7 Å². The SMILES string of the molecule is OC(CN(CN(CC(O)C(F)(F)F)C1(O)c2cccc(c2)-c2c(OC(F)(F)F)cccc21)C1(O)c2cccc(c2)-c2c(OC(F)(F)F)cccc21)C(F)(F)F. The average molecular weight is 799 g/mol. The summed E-state index contributed by atoms with van der Waals surface area (Å²) in [5.41, 5.74) is -9.26. The van der Waals surface area contributed by atoms with Crippen LogP contribution in [0, 0.1) is 0 Å². The zero-order valence-corrected chi connectivity index (χ0v) is 27.4. The molecule has 4 aromatic rings. The van der Waals surface area contributed by atoms with Gasteiger partial charge in [-0.15, -0.1) is 26.3 Å². The molecule has 0 heterocycles. The molecule has 4 atom stereocenters. The topological polar surface area (TPSA) is 106 Å². The number of alkyl halides is 12. The predicted molar refractivity (Wildman–Crippen MR) is 166 cm³/mol. The predicted octanol–water partition coefficient (Wildman–Crippen LogP) is 6.94. The van der Waals surface area contributed by atoms with Crippen LogP contribution >= 0.6 is 0 Å². The smallest absolute Gasteiger partial charge is 0.405 e. The molecular formula is C35H26F12N2O6. The maximum Gasteiger partial charge on any atom is 0.573 e. The van der Waals surface area contributed by atoms with Gasteiger partial charge in [-0.05, 0) is 35.4 Å². The number of hydrogen-bond donors (Lipinski definition) is 4. The molecule has 296 valence electrons. The van der Waals surface area contributed by atoms with Crippen LogP contribution in [0.1, 0.15) is 22.3 Å². The van der Waals surface area contributed by atoms with Crippen molar-refractivity contribution in [2.75, 3.05) is 19.8 Å². The van der Waals surface area contributed by atoms with Crippen molar-refractivity contribution in [2.24, 2.45) is 0 Å². The molecule has 0 aliphatic heterocycles. The fourth-order valence-corrected chi connectivity index (χ4v) is 6.87. The third-order valence-corrected chi connectivity index (χ3v) is 9.16. The van der Waals surface area contributed by atoms with Gasteiger partial charge in [-0.1, -0.05) is 60.7 Å². The molecule has 8 nitrogen and oxygen atoms in total. The summed E-state index contributed by atoms with van der Waals surface area (Å²) in [7, 11) is 0. The molecule has 0 radical (unpaired) electrons. The first-order chi connectivity index (χ1) is 25.3. The monoisotopic (exact) mass is 798 g/mol. The third kappa shape index (κ3) is 7.53. The summed E-state index contributed by atoms with van der Waals surface area (Å²) in [4.78, 5) is 0.601. The van der Waals surface area contributed by atoms with E-state index in [-0.39, 0.29) is 22.3 Å². The van der Waals surface area contributed by atoms with E-state index in [4.69, 9.17) is 0 Å². The Labute approximate surface area is 302 Å². The minimum absolute atomic E-state index is 0.0495. The van der Waals surface area contributed by atoms with Crippen molar-refractivity contribution < 1.29 is 82.6 Å². The van der Waals surface area contributed by atoms with Crippen molar-refractivity contribution in [3.63, 3.8) is 0 Å². The van der Waals surface area contributed by atoms with Gasteiger partial charge >= 0.3 is 25.1 Å². The lowest BCUT2D eigenvalue weighted by molar-refractivity contribution is -0.275. The van der Waals surface area contributed by atoms with Gasteiger partial charge in [0.1, 0.15) is 11.5 Å². The number of halogens is 12. The van der Waals surface area contributed by atoms with E-state index in [1.165, 1.54) is 24.3 Å². The van der Waals surface area contributed by atoms with Crippen molar-refractivity contribution in [3.8, 4) is 33.8 Å². The van der Waals surface area contributed by atoms with Crippen molar-refractivity contribution >= 4 is 0 Å². The normalized spacial score (nSPS) is 20.5. The molecule has 20 heteroatoms. The van der Waals surface area contributed by atoms with Crippen LogP contribution in [0.3, 0.4) is 0 Å². The molecule has 2 aliphatic rings. The second-order valence-electron chi connectivity index (χ2n) is 12.7. The Morgan fingerprint density at radius 2 is 0.873 bits per heavy atom. The highest BCUT2D eigenvalue weighted by molar-refractivity contribution is 5.80. The van der Waals surface area contributed by atoms with Crippen molar-refractivity contribution in [2.45, 2.75) is 48.7 Å². The lowest BCUT2D eigenvalue weighted by Crippen LogP contribution is -2.62. The highest BCUT2D eigenvalue weighted by Gasteiger charge is 2.53. The maximum absolute atomic E-state index is 14.1.